The summed E-state index contributed by atoms with van der Waals surface area (Å²) in [5, 5.41) is 1.65. The molecule has 0 saturated carbocycles. The van der Waals surface area contributed by atoms with Gasteiger partial charge in [0.05, 0.1) is 11.1 Å². The van der Waals surface area contributed by atoms with Crippen LogP contribution in [-0.2, 0) is 10.0 Å². The number of rotatable bonds is 3. The van der Waals surface area contributed by atoms with Gasteiger partial charge >= 0.3 is 0 Å². The van der Waals surface area contributed by atoms with E-state index in [1.165, 1.54) is 6.26 Å². The Labute approximate surface area is 145 Å². The molecule has 0 radical (unpaired) electrons. The number of halogens is 1. The molecule has 0 N–H and O–H groups in total. The van der Waals surface area contributed by atoms with E-state index in [4.69, 9.17) is 11.6 Å². The summed E-state index contributed by atoms with van der Waals surface area (Å²) in [7, 11) is -3.12. The molecule has 1 aromatic heterocycles. The topological polar surface area (TPSA) is 53.5 Å². The van der Waals surface area contributed by atoms with E-state index in [-0.39, 0.29) is 0 Å². The van der Waals surface area contributed by atoms with Crippen LogP contribution in [0.3, 0.4) is 0 Å². The average Bonchev–Trinajstić information content (AvgIpc) is 2.84. The Morgan fingerprint density at radius 1 is 1.13 bits per heavy atom. The molecule has 1 fully saturated rings. The second kappa shape index (κ2) is 6.76. The number of hydrogen-bond donors (Lipinski definition) is 0. The van der Waals surface area contributed by atoms with Gasteiger partial charge in [0.2, 0.25) is 10.0 Å². The van der Waals surface area contributed by atoms with Crippen LogP contribution in [0.1, 0.15) is 6.42 Å². The minimum atomic E-state index is -3.12. The molecule has 2 aromatic rings. The highest BCUT2D eigenvalue weighted by molar-refractivity contribution is 7.88. The quantitative estimate of drug-likeness (QED) is 0.832. The number of nitrogens with zero attached hydrogens (tertiary/aromatic N) is 3. The zero-order valence-corrected chi connectivity index (χ0v) is 15.2. The van der Waals surface area contributed by atoms with Crippen molar-refractivity contribution >= 4 is 38.1 Å². The van der Waals surface area contributed by atoms with E-state index in [9.17, 15) is 8.42 Å². The lowest BCUT2D eigenvalue weighted by Gasteiger charge is -2.19. The summed E-state index contributed by atoms with van der Waals surface area (Å²) in [6.45, 7) is 2.57. The fourth-order valence-corrected chi connectivity index (χ4v) is 4.55. The number of anilines is 1. The Kier molecular flexibility index (Phi) is 4.91. The summed E-state index contributed by atoms with van der Waals surface area (Å²) >= 11 is 7.54. The van der Waals surface area contributed by atoms with Gasteiger partial charge in [0.25, 0.3) is 0 Å². The number of thiazole rings is 1. The Morgan fingerprint density at radius 2 is 1.87 bits per heavy atom. The van der Waals surface area contributed by atoms with Crippen molar-refractivity contribution < 1.29 is 8.42 Å². The van der Waals surface area contributed by atoms with Gasteiger partial charge in [-0.2, -0.15) is 0 Å². The Bertz CT molecular complexity index is 774. The Hall–Kier alpha value is -1.15. The predicted octanol–water partition coefficient (Wildman–Crippen LogP) is 2.94. The molecule has 5 nitrogen and oxygen atoms in total. The summed E-state index contributed by atoms with van der Waals surface area (Å²) in [5.41, 5.74) is 1.09. The van der Waals surface area contributed by atoms with Gasteiger partial charge in [-0.3, -0.25) is 0 Å². The van der Waals surface area contributed by atoms with Crippen LogP contribution in [-0.4, -0.2) is 50.1 Å². The summed E-state index contributed by atoms with van der Waals surface area (Å²) in [5.74, 6) is 0. The summed E-state index contributed by atoms with van der Waals surface area (Å²) in [6.07, 6.45) is 3.94. The maximum absolute atomic E-state index is 11.7. The molecule has 0 atom stereocenters. The van der Waals surface area contributed by atoms with Crippen LogP contribution in [0.15, 0.2) is 30.5 Å². The minimum Gasteiger partial charge on any atom is -0.347 e. The predicted molar refractivity (Wildman–Crippen MR) is 95.8 cm³/mol. The first-order valence-corrected chi connectivity index (χ1v) is 10.4. The molecule has 0 unspecified atom stereocenters. The molecule has 1 saturated heterocycles. The maximum atomic E-state index is 11.7. The molecule has 0 amide bonds. The first-order valence-electron chi connectivity index (χ1n) is 7.35. The lowest BCUT2D eigenvalue weighted by atomic mass is 10.2. The fraction of sp³-hybridized carbons (Fsp3) is 0.400. The molecule has 0 aliphatic carbocycles. The fourth-order valence-electron chi connectivity index (χ4n) is 2.58. The zero-order chi connectivity index (χ0) is 16.4. The van der Waals surface area contributed by atoms with E-state index >= 15 is 0 Å². The molecule has 0 spiro atoms. The average molecular weight is 372 g/mol. The van der Waals surface area contributed by atoms with Crippen molar-refractivity contribution in [3.05, 3.63) is 35.5 Å². The normalized spacial score (nSPS) is 17.2. The first kappa shape index (κ1) is 16.7. The second-order valence-electron chi connectivity index (χ2n) is 5.52. The molecule has 1 aliphatic heterocycles. The third-order valence-electron chi connectivity index (χ3n) is 3.82. The summed E-state index contributed by atoms with van der Waals surface area (Å²) in [6, 6.07) is 7.69. The van der Waals surface area contributed by atoms with Gasteiger partial charge in [-0.25, -0.2) is 17.7 Å². The van der Waals surface area contributed by atoms with Gasteiger partial charge in [-0.05, 0) is 24.1 Å². The van der Waals surface area contributed by atoms with Gasteiger partial charge in [0.15, 0.2) is 5.13 Å². The minimum absolute atomic E-state index is 0.509. The van der Waals surface area contributed by atoms with Crippen molar-refractivity contribution in [3.63, 3.8) is 0 Å². The zero-order valence-electron chi connectivity index (χ0n) is 12.8. The summed E-state index contributed by atoms with van der Waals surface area (Å²) in [4.78, 5) is 7.76. The van der Waals surface area contributed by atoms with E-state index in [1.807, 2.05) is 30.5 Å². The molecule has 8 heteroatoms. The molecular weight excluding hydrogens is 354 g/mol. The molecule has 0 bridgehead atoms. The molecule has 1 aliphatic rings. The van der Waals surface area contributed by atoms with E-state index in [0.29, 0.717) is 24.7 Å². The third kappa shape index (κ3) is 4.03. The highest BCUT2D eigenvalue weighted by Crippen LogP contribution is 2.32. The van der Waals surface area contributed by atoms with Gasteiger partial charge in [0.1, 0.15) is 0 Å². The lowest BCUT2D eigenvalue weighted by molar-refractivity contribution is 0.437. The van der Waals surface area contributed by atoms with E-state index in [2.05, 4.69) is 9.88 Å². The molecule has 124 valence electrons. The number of sulfonamides is 1. The maximum Gasteiger partial charge on any atom is 0.211 e. The molecule has 2 heterocycles. The standard InChI is InChI=1S/C15H18ClN3O2S2/c1-23(20,21)19-8-2-7-18(9-10-19)15-17-11-14(22-15)12-3-5-13(16)6-4-12/h3-6,11H,2,7-10H2,1H3. The van der Waals surface area contributed by atoms with Gasteiger partial charge in [0, 0.05) is 37.4 Å². The van der Waals surface area contributed by atoms with Gasteiger partial charge < -0.3 is 4.90 Å². The van der Waals surface area contributed by atoms with Crippen molar-refractivity contribution in [2.24, 2.45) is 0 Å². The largest absolute Gasteiger partial charge is 0.347 e. The monoisotopic (exact) mass is 371 g/mol. The highest BCUT2D eigenvalue weighted by Gasteiger charge is 2.22. The molecule has 1 aromatic carbocycles. The van der Waals surface area contributed by atoms with E-state index in [1.54, 1.807) is 15.6 Å². The molecular formula is C15H18ClN3O2S2. The highest BCUT2D eigenvalue weighted by atomic mass is 35.5. The summed E-state index contributed by atoms with van der Waals surface area (Å²) < 4.78 is 24.9. The van der Waals surface area contributed by atoms with Crippen LogP contribution in [0.4, 0.5) is 5.13 Å². The van der Waals surface area contributed by atoms with Gasteiger partial charge in [-0.1, -0.05) is 35.1 Å². The van der Waals surface area contributed by atoms with E-state index < -0.39 is 10.0 Å². The van der Waals surface area contributed by atoms with Crippen molar-refractivity contribution in [1.29, 1.82) is 0 Å². The number of hydrogen-bond acceptors (Lipinski definition) is 5. The van der Waals surface area contributed by atoms with E-state index in [0.717, 1.165) is 28.5 Å². The van der Waals surface area contributed by atoms with Crippen LogP contribution in [0.2, 0.25) is 5.02 Å². The number of benzene rings is 1. The van der Waals surface area contributed by atoms with Gasteiger partial charge in [-0.15, -0.1) is 0 Å². The lowest BCUT2D eigenvalue weighted by Crippen LogP contribution is -2.34. The van der Waals surface area contributed by atoms with Crippen LogP contribution >= 0.6 is 22.9 Å². The van der Waals surface area contributed by atoms with Crippen molar-refractivity contribution in [2.75, 3.05) is 37.3 Å². The molecule has 23 heavy (non-hydrogen) atoms. The van der Waals surface area contributed by atoms with Crippen molar-refractivity contribution in [1.82, 2.24) is 9.29 Å². The first-order chi connectivity index (χ1) is 10.9. The van der Waals surface area contributed by atoms with Crippen LogP contribution in [0.25, 0.3) is 10.4 Å². The molecule has 3 rings (SSSR count). The third-order valence-corrected chi connectivity index (χ3v) is 6.48. The smallest absolute Gasteiger partial charge is 0.211 e. The number of aromatic nitrogens is 1. The second-order valence-corrected chi connectivity index (χ2v) is 8.94. The van der Waals surface area contributed by atoms with Crippen molar-refractivity contribution in [2.45, 2.75) is 6.42 Å². The van der Waals surface area contributed by atoms with Crippen LogP contribution < -0.4 is 4.90 Å². The Balaban J connectivity index is 1.74. The van der Waals surface area contributed by atoms with Crippen LogP contribution in [0, 0.1) is 0 Å². The van der Waals surface area contributed by atoms with Crippen LogP contribution in [0.5, 0.6) is 0 Å². The van der Waals surface area contributed by atoms with Crippen molar-refractivity contribution in [3.8, 4) is 10.4 Å². The SMILES string of the molecule is CS(=O)(=O)N1CCCN(c2ncc(-c3ccc(Cl)cc3)s2)CC1. The Morgan fingerprint density at radius 3 is 2.57 bits per heavy atom.